The molecule has 0 atom stereocenters. The topological polar surface area (TPSA) is 37.6 Å². The molecule has 0 saturated heterocycles. The molecule has 0 radical (unpaired) electrons. The van der Waals surface area contributed by atoms with Crippen molar-refractivity contribution in [1.29, 1.82) is 0 Å². The van der Waals surface area contributed by atoms with E-state index < -0.39 is 0 Å². The molecule has 3 rings (SSSR count). The van der Waals surface area contributed by atoms with Crippen LogP contribution in [0.1, 0.15) is 25.2 Å². The van der Waals surface area contributed by atoms with E-state index in [-0.39, 0.29) is 0 Å². The van der Waals surface area contributed by atoms with Crippen molar-refractivity contribution in [3.8, 4) is 0 Å². The van der Waals surface area contributed by atoms with Crippen LogP contribution < -0.4 is 0 Å². The van der Waals surface area contributed by atoms with Crippen LogP contribution in [-0.4, -0.2) is 16.4 Å². The summed E-state index contributed by atoms with van der Waals surface area (Å²) in [5.41, 5.74) is 5.36. The number of aliphatic imine (C=N–C) groups is 2. The van der Waals surface area contributed by atoms with E-state index in [0.29, 0.717) is 0 Å². The SMILES string of the molecule is CC(=Nc1cccc(I)c1)c1cccc(C(C)=Nc2cccc(I)c2)n1. The van der Waals surface area contributed by atoms with Crippen LogP contribution in [0, 0.1) is 7.14 Å². The first-order valence-electron chi connectivity index (χ1n) is 8.11. The third-order valence-corrected chi connectivity index (χ3v) is 5.04. The van der Waals surface area contributed by atoms with Crippen molar-refractivity contribution < 1.29 is 0 Å². The summed E-state index contributed by atoms with van der Waals surface area (Å²) in [5.74, 6) is 0. The Labute approximate surface area is 181 Å². The second kappa shape index (κ2) is 8.85. The minimum absolute atomic E-state index is 0.860. The number of nitrogens with zero attached hydrogens (tertiary/aromatic N) is 3. The van der Waals surface area contributed by atoms with Crippen molar-refractivity contribution in [3.63, 3.8) is 0 Å². The first-order chi connectivity index (χ1) is 12.5. The molecule has 0 N–H and O–H groups in total. The van der Waals surface area contributed by atoms with Gasteiger partial charge in [0.25, 0.3) is 0 Å². The highest BCUT2D eigenvalue weighted by molar-refractivity contribution is 14.1. The molecular weight excluding hydrogens is 548 g/mol. The fourth-order valence-electron chi connectivity index (χ4n) is 2.43. The van der Waals surface area contributed by atoms with Crippen LogP contribution in [0.4, 0.5) is 11.4 Å². The fraction of sp³-hybridized carbons (Fsp3) is 0.0952. The quantitative estimate of drug-likeness (QED) is 0.261. The molecule has 0 aliphatic rings. The van der Waals surface area contributed by atoms with Gasteiger partial charge in [-0.2, -0.15) is 0 Å². The molecule has 0 bridgehead atoms. The normalized spacial score (nSPS) is 12.3. The lowest BCUT2D eigenvalue weighted by atomic mass is 10.2. The molecule has 3 aromatic rings. The van der Waals surface area contributed by atoms with Crippen LogP contribution in [0.2, 0.25) is 0 Å². The molecule has 5 heteroatoms. The van der Waals surface area contributed by atoms with Gasteiger partial charge in [-0.25, -0.2) is 4.98 Å². The number of halogens is 2. The summed E-state index contributed by atoms with van der Waals surface area (Å²) in [5, 5.41) is 0. The molecule has 0 spiro atoms. The van der Waals surface area contributed by atoms with Crippen molar-refractivity contribution in [2.75, 3.05) is 0 Å². The molecular formula is C21H17I2N3. The average Bonchev–Trinajstić information content (AvgIpc) is 2.62. The minimum Gasteiger partial charge on any atom is -0.251 e. The Morgan fingerprint density at radius 2 is 1.12 bits per heavy atom. The van der Waals surface area contributed by atoms with Gasteiger partial charge in [0.1, 0.15) is 0 Å². The Balaban J connectivity index is 1.90. The van der Waals surface area contributed by atoms with Crippen LogP contribution in [0.15, 0.2) is 76.7 Å². The predicted octanol–water partition coefficient (Wildman–Crippen LogP) is 6.57. The predicted molar refractivity (Wildman–Crippen MR) is 126 cm³/mol. The third-order valence-electron chi connectivity index (χ3n) is 3.70. The third kappa shape index (κ3) is 5.20. The van der Waals surface area contributed by atoms with Gasteiger partial charge in [0, 0.05) is 7.14 Å². The Morgan fingerprint density at radius 1 is 0.692 bits per heavy atom. The van der Waals surface area contributed by atoms with Gasteiger partial charge in [0.2, 0.25) is 0 Å². The first-order valence-corrected chi connectivity index (χ1v) is 10.3. The van der Waals surface area contributed by atoms with E-state index in [1.54, 1.807) is 0 Å². The summed E-state index contributed by atoms with van der Waals surface area (Å²) < 4.78 is 2.33. The second-order valence-electron chi connectivity index (χ2n) is 5.76. The second-order valence-corrected chi connectivity index (χ2v) is 8.25. The highest BCUT2D eigenvalue weighted by Gasteiger charge is 2.05. The Bertz CT molecular complexity index is 917. The maximum Gasteiger partial charge on any atom is 0.0849 e. The summed E-state index contributed by atoms with van der Waals surface area (Å²) in [6, 6.07) is 22.2. The van der Waals surface area contributed by atoms with Gasteiger partial charge < -0.3 is 0 Å². The van der Waals surface area contributed by atoms with Crippen LogP contribution in [0.25, 0.3) is 0 Å². The zero-order chi connectivity index (χ0) is 18.5. The minimum atomic E-state index is 0.860. The summed E-state index contributed by atoms with van der Waals surface area (Å²) >= 11 is 4.58. The van der Waals surface area contributed by atoms with E-state index in [2.05, 4.69) is 69.4 Å². The van der Waals surface area contributed by atoms with Gasteiger partial charge in [0.15, 0.2) is 0 Å². The molecule has 2 aromatic carbocycles. The first kappa shape index (κ1) is 19.2. The lowest BCUT2D eigenvalue weighted by Gasteiger charge is -2.05. The lowest BCUT2D eigenvalue weighted by molar-refractivity contribution is 1.24. The highest BCUT2D eigenvalue weighted by atomic mass is 127. The van der Waals surface area contributed by atoms with E-state index in [1.165, 1.54) is 7.14 Å². The van der Waals surface area contributed by atoms with E-state index in [4.69, 9.17) is 15.0 Å². The number of hydrogen-bond acceptors (Lipinski definition) is 3. The summed E-state index contributed by atoms with van der Waals surface area (Å²) in [6.45, 7) is 3.97. The molecule has 0 aliphatic carbocycles. The van der Waals surface area contributed by atoms with Crippen LogP contribution >= 0.6 is 45.2 Å². The van der Waals surface area contributed by atoms with Crippen LogP contribution in [0.5, 0.6) is 0 Å². The van der Waals surface area contributed by atoms with Gasteiger partial charge in [0.05, 0.1) is 34.2 Å². The highest BCUT2D eigenvalue weighted by Crippen LogP contribution is 2.19. The zero-order valence-corrected chi connectivity index (χ0v) is 18.8. The number of benzene rings is 2. The smallest absolute Gasteiger partial charge is 0.0849 e. The molecule has 0 unspecified atom stereocenters. The van der Waals surface area contributed by atoms with Gasteiger partial charge in [-0.15, -0.1) is 0 Å². The summed E-state index contributed by atoms with van der Waals surface area (Å²) in [4.78, 5) is 14.1. The molecule has 0 saturated carbocycles. The Hall–Kier alpha value is -1.61. The number of pyridine rings is 1. The largest absolute Gasteiger partial charge is 0.251 e. The van der Waals surface area contributed by atoms with E-state index in [9.17, 15) is 0 Å². The Kier molecular flexibility index (Phi) is 6.53. The summed E-state index contributed by atoms with van der Waals surface area (Å²) in [6.07, 6.45) is 0. The number of rotatable bonds is 4. The van der Waals surface area contributed by atoms with Crippen LogP contribution in [-0.2, 0) is 0 Å². The van der Waals surface area contributed by atoms with Crippen LogP contribution in [0.3, 0.4) is 0 Å². The number of aromatic nitrogens is 1. The van der Waals surface area contributed by atoms with Crippen molar-refractivity contribution in [1.82, 2.24) is 4.98 Å². The molecule has 1 aromatic heterocycles. The monoisotopic (exact) mass is 565 g/mol. The molecule has 1 heterocycles. The molecule has 3 nitrogen and oxygen atoms in total. The lowest BCUT2D eigenvalue weighted by Crippen LogP contribution is -2.05. The number of hydrogen-bond donors (Lipinski definition) is 0. The molecule has 26 heavy (non-hydrogen) atoms. The van der Waals surface area contributed by atoms with Crippen molar-refractivity contribution in [2.24, 2.45) is 9.98 Å². The standard InChI is InChI=1S/C21H17I2N3/c1-14(24-18-8-3-6-16(22)12-18)20-10-5-11-21(26-20)15(2)25-19-9-4-7-17(23)13-19/h3-13H,1-2H3. The zero-order valence-electron chi connectivity index (χ0n) is 14.4. The molecule has 130 valence electrons. The molecule has 0 amide bonds. The van der Waals surface area contributed by atoms with E-state index in [0.717, 1.165) is 34.2 Å². The van der Waals surface area contributed by atoms with Gasteiger partial charge in [-0.3, -0.25) is 9.98 Å². The summed E-state index contributed by atoms with van der Waals surface area (Å²) in [7, 11) is 0. The van der Waals surface area contributed by atoms with Crippen molar-refractivity contribution in [3.05, 3.63) is 85.3 Å². The van der Waals surface area contributed by atoms with Gasteiger partial charge in [-0.1, -0.05) is 18.2 Å². The fourth-order valence-corrected chi connectivity index (χ4v) is 3.48. The molecule has 0 fully saturated rings. The van der Waals surface area contributed by atoms with E-state index in [1.807, 2.05) is 56.3 Å². The maximum atomic E-state index is 4.74. The van der Waals surface area contributed by atoms with Gasteiger partial charge in [-0.05, 0) is 108 Å². The molecule has 0 aliphatic heterocycles. The Morgan fingerprint density at radius 3 is 1.54 bits per heavy atom. The van der Waals surface area contributed by atoms with Crippen molar-refractivity contribution in [2.45, 2.75) is 13.8 Å². The van der Waals surface area contributed by atoms with Crippen molar-refractivity contribution >= 4 is 68.0 Å². The van der Waals surface area contributed by atoms with E-state index >= 15 is 0 Å². The maximum absolute atomic E-state index is 4.74. The average molecular weight is 565 g/mol. The van der Waals surface area contributed by atoms with Gasteiger partial charge >= 0.3 is 0 Å².